The third-order valence-electron chi connectivity index (χ3n) is 9.31. The van der Waals surface area contributed by atoms with E-state index >= 15 is 0 Å². The van der Waals surface area contributed by atoms with E-state index in [2.05, 4.69) is 41.0 Å². The number of nitrogen functional groups attached to an aromatic ring is 1. The Morgan fingerprint density at radius 1 is 0.796 bits per heavy atom. The van der Waals surface area contributed by atoms with Crippen LogP contribution in [0.5, 0.6) is 5.75 Å². The van der Waals surface area contributed by atoms with Crippen LogP contribution in [0.2, 0.25) is 0 Å². The van der Waals surface area contributed by atoms with Crippen molar-refractivity contribution in [2.45, 2.75) is 68.6 Å². The first-order valence-electron chi connectivity index (χ1n) is 18.2. The second-order valence-corrected chi connectivity index (χ2v) is 14.3. The highest BCUT2D eigenvalue weighted by Crippen LogP contribution is 2.41. The summed E-state index contributed by atoms with van der Waals surface area (Å²) >= 11 is 1.71. The zero-order valence-electron chi connectivity index (χ0n) is 30.4. The normalized spacial score (nSPS) is 16.7. The highest BCUT2D eigenvalue weighted by molar-refractivity contribution is 7.99. The molecule has 5 aromatic rings. The van der Waals surface area contributed by atoms with Crippen molar-refractivity contribution < 1.29 is 28.9 Å². The van der Waals surface area contributed by atoms with Gasteiger partial charge >= 0.3 is 0 Å². The van der Waals surface area contributed by atoms with E-state index in [4.69, 9.17) is 19.9 Å². The first-order valence-corrected chi connectivity index (χ1v) is 19.2. The molecule has 0 saturated carbocycles. The lowest BCUT2D eigenvalue weighted by atomic mass is 9.99. The van der Waals surface area contributed by atoms with Crippen molar-refractivity contribution in [3.63, 3.8) is 0 Å². The number of benzene rings is 5. The fourth-order valence-corrected chi connectivity index (χ4v) is 7.40. The van der Waals surface area contributed by atoms with Crippen molar-refractivity contribution in [2.24, 2.45) is 0 Å². The average Bonchev–Trinajstić information content (AvgIpc) is 3.22. The van der Waals surface area contributed by atoms with E-state index in [0.717, 1.165) is 49.8 Å². The number of nitrogens with one attached hydrogen (secondary N) is 2. The van der Waals surface area contributed by atoms with E-state index in [1.54, 1.807) is 31.0 Å². The van der Waals surface area contributed by atoms with Crippen LogP contribution in [0.4, 0.5) is 11.4 Å². The number of methoxy groups -OCH3 is 1. The molecule has 0 radical (unpaired) electrons. The van der Waals surface area contributed by atoms with Crippen molar-refractivity contribution in [3.8, 4) is 16.9 Å². The summed E-state index contributed by atoms with van der Waals surface area (Å²) < 4.78 is 18.8. The minimum absolute atomic E-state index is 0.00986. The SMILES string of the molecule is COc1ccccc1SCC1CC(c2ccc(CO)cc2)OC(c2cccc(-c3cccc(CNC(=O)CCCCC(=O)Nc4ccccc4N)c3)c2)O1. The average molecular weight is 746 g/mol. The van der Waals surface area contributed by atoms with Crippen LogP contribution in [0, 0.1) is 0 Å². The highest BCUT2D eigenvalue weighted by Gasteiger charge is 2.32. The molecule has 54 heavy (non-hydrogen) atoms. The fraction of sp³-hybridized carbons (Fsp3) is 0.273. The Morgan fingerprint density at radius 2 is 1.52 bits per heavy atom. The quantitative estimate of drug-likeness (QED) is 0.0449. The topological polar surface area (TPSA) is 132 Å². The molecule has 1 heterocycles. The van der Waals surface area contributed by atoms with Gasteiger partial charge < -0.3 is 35.7 Å². The number of carbonyl (C=O) groups excluding carboxylic acids is 2. The molecule has 5 aromatic carbocycles. The molecule has 3 unspecified atom stereocenters. The maximum atomic E-state index is 12.6. The Bertz CT molecular complexity index is 2010. The Kier molecular flexibility index (Phi) is 13.8. The van der Waals surface area contributed by atoms with Gasteiger partial charge in [0.1, 0.15) is 5.75 Å². The number of aliphatic hydroxyl groups is 1. The fourth-order valence-electron chi connectivity index (χ4n) is 6.35. The van der Waals surface area contributed by atoms with Crippen molar-refractivity contribution in [2.75, 3.05) is 23.9 Å². The third-order valence-corrected chi connectivity index (χ3v) is 10.5. The number of hydrogen-bond acceptors (Lipinski definition) is 8. The molecule has 0 spiro atoms. The van der Waals surface area contributed by atoms with Crippen LogP contribution in [-0.4, -0.2) is 35.9 Å². The lowest BCUT2D eigenvalue weighted by Crippen LogP contribution is -2.31. The van der Waals surface area contributed by atoms with Gasteiger partial charge in [-0.1, -0.05) is 84.9 Å². The summed E-state index contributed by atoms with van der Waals surface area (Å²) in [4.78, 5) is 26.0. The molecule has 9 nitrogen and oxygen atoms in total. The van der Waals surface area contributed by atoms with Crippen molar-refractivity contribution in [1.82, 2.24) is 5.32 Å². The highest BCUT2D eigenvalue weighted by atomic mass is 32.2. The minimum Gasteiger partial charge on any atom is -0.496 e. The van der Waals surface area contributed by atoms with E-state index in [-0.39, 0.29) is 30.6 Å². The van der Waals surface area contributed by atoms with Crippen LogP contribution in [0.3, 0.4) is 0 Å². The molecule has 10 heteroatoms. The molecule has 1 aliphatic heterocycles. The smallest absolute Gasteiger partial charge is 0.224 e. The molecule has 0 bridgehead atoms. The Hall–Kier alpha value is -5.13. The Balaban J connectivity index is 1.06. The van der Waals surface area contributed by atoms with Gasteiger partial charge in [0.15, 0.2) is 6.29 Å². The maximum absolute atomic E-state index is 12.6. The Labute approximate surface area is 321 Å². The molecular weight excluding hydrogens is 699 g/mol. The zero-order chi connectivity index (χ0) is 37.7. The van der Waals surface area contributed by atoms with Gasteiger partial charge in [-0.05, 0) is 77.1 Å². The van der Waals surface area contributed by atoms with Crippen LogP contribution in [0.15, 0.2) is 126 Å². The summed E-state index contributed by atoms with van der Waals surface area (Å²) in [6.07, 6.45) is 1.68. The number of carbonyl (C=O) groups is 2. The van der Waals surface area contributed by atoms with Crippen LogP contribution < -0.4 is 21.1 Å². The standard InChI is InChI=1S/C44H47N3O6S/c1-51-39-16-4-5-17-41(39)54-29-36-26-40(32-22-20-30(28-48)21-23-32)53-44(52-36)35-13-9-12-34(25-35)33-11-8-10-31(24-33)27-46-42(49)18-6-7-19-43(50)47-38-15-3-2-14-37(38)45/h2-5,8-17,20-25,36,40,44,48H,6-7,18-19,26-29,45H2,1H3,(H,46,49)(H,47,50). The summed E-state index contributed by atoms with van der Waals surface area (Å²) in [6, 6.07) is 39.4. The molecule has 1 fully saturated rings. The van der Waals surface area contributed by atoms with E-state index < -0.39 is 6.29 Å². The van der Waals surface area contributed by atoms with Gasteiger partial charge in [0.2, 0.25) is 11.8 Å². The number of ether oxygens (including phenoxy) is 3. The van der Waals surface area contributed by atoms with Gasteiger partial charge in [-0.2, -0.15) is 0 Å². The number of hydrogen-bond donors (Lipinski definition) is 4. The number of aliphatic hydroxyl groups excluding tert-OH is 1. The lowest BCUT2D eigenvalue weighted by Gasteiger charge is -2.36. The molecule has 1 aliphatic rings. The predicted octanol–water partition coefficient (Wildman–Crippen LogP) is 8.59. The number of thioether (sulfide) groups is 1. The molecule has 2 amide bonds. The predicted molar refractivity (Wildman–Crippen MR) is 214 cm³/mol. The zero-order valence-corrected chi connectivity index (χ0v) is 31.2. The minimum atomic E-state index is -0.588. The van der Waals surface area contributed by atoms with Crippen LogP contribution in [0.1, 0.15) is 66.8 Å². The van der Waals surface area contributed by atoms with Gasteiger partial charge in [-0.3, -0.25) is 9.59 Å². The molecule has 0 aliphatic carbocycles. The van der Waals surface area contributed by atoms with E-state index in [0.29, 0.717) is 50.0 Å². The maximum Gasteiger partial charge on any atom is 0.224 e. The second-order valence-electron chi connectivity index (χ2n) is 13.3. The number of nitrogens with two attached hydrogens (primary N) is 1. The van der Waals surface area contributed by atoms with E-state index in [9.17, 15) is 14.7 Å². The van der Waals surface area contributed by atoms with Gasteiger partial charge in [0, 0.05) is 42.0 Å². The molecule has 1 saturated heterocycles. The van der Waals surface area contributed by atoms with E-state index in [1.165, 1.54) is 0 Å². The van der Waals surface area contributed by atoms with Gasteiger partial charge in [-0.15, -0.1) is 11.8 Å². The van der Waals surface area contributed by atoms with E-state index in [1.807, 2.05) is 78.9 Å². The second kappa shape index (κ2) is 19.3. The summed E-state index contributed by atoms with van der Waals surface area (Å²) in [5.41, 5.74) is 12.8. The van der Waals surface area contributed by atoms with Gasteiger partial charge in [0.05, 0.1) is 37.3 Å². The third kappa shape index (κ3) is 10.7. The first kappa shape index (κ1) is 38.6. The molecule has 6 rings (SSSR count). The molecule has 5 N–H and O–H groups in total. The first-order chi connectivity index (χ1) is 26.4. The van der Waals surface area contributed by atoms with Crippen molar-refractivity contribution in [1.29, 1.82) is 0 Å². The number of rotatable bonds is 16. The summed E-state index contributed by atoms with van der Waals surface area (Å²) in [5.74, 6) is 1.38. The van der Waals surface area contributed by atoms with Crippen LogP contribution in [0.25, 0.3) is 11.1 Å². The molecule has 3 atom stereocenters. The summed E-state index contributed by atoms with van der Waals surface area (Å²) in [6.45, 7) is 0.390. The molecular formula is C44H47N3O6S. The largest absolute Gasteiger partial charge is 0.496 e. The monoisotopic (exact) mass is 745 g/mol. The summed E-state index contributed by atoms with van der Waals surface area (Å²) in [5, 5.41) is 15.4. The number of para-hydroxylation sites is 3. The van der Waals surface area contributed by atoms with Crippen LogP contribution >= 0.6 is 11.8 Å². The number of unbranched alkanes of at least 4 members (excludes halogenated alkanes) is 1. The van der Waals surface area contributed by atoms with Crippen molar-refractivity contribution in [3.05, 3.63) is 144 Å². The van der Waals surface area contributed by atoms with Crippen molar-refractivity contribution >= 4 is 35.0 Å². The van der Waals surface area contributed by atoms with Gasteiger partial charge in [0.25, 0.3) is 0 Å². The van der Waals surface area contributed by atoms with Crippen LogP contribution in [-0.2, 0) is 32.2 Å². The molecule has 0 aromatic heterocycles. The summed E-state index contributed by atoms with van der Waals surface area (Å²) in [7, 11) is 1.68. The molecule has 280 valence electrons. The lowest BCUT2D eigenvalue weighted by molar-refractivity contribution is -0.245. The Morgan fingerprint density at radius 3 is 2.30 bits per heavy atom. The number of amides is 2. The number of anilines is 2. The van der Waals surface area contributed by atoms with Gasteiger partial charge in [-0.25, -0.2) is 0 Å².